The summed E-state index contributed by atoms with van der Waals surface area (Å²) in [5.74, 6) is 0.225. The summed E-state index contributed by atoms with van der Waals surface area (Å²) in [5.41, 5.74) is 1.44. The molecule has 1 saturated carbocycles. The maximum atomic E-state index is 12.7. The van der Waals surface area contributed by atoms with E-state index in [0.717, 1.165) is 31.5 Å². The lowest BCUT2D eigenvalue weighted by molar-refractivity contribution is -0.0420. The van der Waals surface area contributed by atoms with Gasteiger partial charge in [-0.2, -0.15) is 0 Å². The van der Waals surface area contributed by atoms with Crippen LogP contribution in [0, 0.1) is 5.92 Å². The molecule has 0 spiro atoms. The predicted octanol–water partition coefficient (Wildman–Crippen LogP) is 2.54. The summed E-state index contributed by atoms with van der Waals surface area (Å²) in [5, 5.41) is 24.2. The number of phenolic OH excluding ortho intramolecular Hbond substituents is 1. The number of benzene rings is 2. The minimum atomic E-state index is -0.500. The molecule has 5 heteroatoms. The Morgan fingerprint density at radius 2 is 1.96 bits per heavy atom. The Bertz CT molecular complexity index is 841. The second-order valence-electron chi connectivity index (χ2n) is 8.37. The lowest BCUT2D eigenvalue weighted by Gasteiger charge is -2.54. The van der Waals surface area contributed by atoms with Gasteiger partial charge in [-0.05, 0) is 62.7 Å². The summed E-state index contributed by atoms with van der Waals surface area (Å²) < 4.78 is 0. The van der Waals surface area contributed by atoms with Gasteiger partial charge >= 0.3 is 0 Å². The SMILES string of the molecule is CN1CCC2(c3cccc(O)c3)C[C@@H](NC(=O)c3ccccc3)CC(O)C2C1. The highest BCUT2D eigenvalue weighted by atomic mass is 16.3. The average molecular weight is 380 g/mol. The van der Waals surface area contributed by atoms with Crippen LogP contribution in [0.15, 0.2) is 54.6 Å². The van der Waals surface area contributed by atoms with Gasteiger partial charge in [0.15, 0.2) is 0 Å². The van der Waals surface area contributed by atoms with Crippen LogP contribution in [-0.2, 0) is 5.41 Å². The zero-order valence-electron chi connectivity index (χ0n) is 16.2. The van der Waals surface area contributed by atoms with Crippen molar-refractivity contribution in [1.82, 2.24) is 10.2 Å². The minimum Gasteiger partial charge on any atom is -0.508 e. The molecular formula is C23H28N2O3. The first kappa shape index (κ1) is 19.0. The molecule has 0 bridgehead atoms. The van der Waals surface area contributed by atoms with Crippen LogP contribution in [-0.4, -0.2) is 53.3 Å². The van der Waals surface area contributed by atoms with Gasteiger partial charge in [0.1, 0.15) is 5.75 Å². The molecule has 3 unspecified atom stereocenters. The van der Waals surface area contributed by atoms with Crippen molar-refractivity contribution in [2.75, 3.05) is 20.1 Å². The van der Waals surface area contributed by atoms with Crippen molar-refractivity contribution in [3.63, 3.8) is 0 Å². The summed E-state index contributed by atoms with van der Waals surface area (Å²) >= 11 is 0. The van der Waals surface area contributed by atoms with Gasteiger partial charge in [0.25, 0.3) is 5.91 Å². The topological polar surface area (TPSA) is 72.8 Å². The smallest absolute Gasteiger partial charge is 0.251 e. The van der Waals surface area contributed by atoms with Crippen molar-refractivity contribution in [3.05, 3.63) is 65.7 Å². The lowest BCUT2D eigenvalue weighted by atomic mass is 9.57. The number of rotatable bonds is 3. The van der Waals surface area contributed by atoms with Crippen LogP contribution < -0.4 is 5.32 Å². The van der Waals surface area contributed by atoms with Crippen molar-refractivity contribution in [3.8, 4) is 5.75 Å². The maximum absolute atomic E-state index is 12.7. The number of aliphatic hydroxyl groups is 1. The molecule has 2 aliphatic rings. The Balaban J connectivity index is 1.64. The molecule has 1 aliphatic heterocycles. The van der Waals surface area contributed by atoms with Crippen LogP contribution >= 0.6 is 0 Å². The third-order valence-corrected chi connectivity index (χ3v) is 6.55. The molecule has 1 saturated heterocycles. The monoisotopic (exact) mass is 380 g/mol. The van der Waals surface area contributed by atoms with Gasteiger partial charge < -0.3 is 20.4 Å². The van der Waals surface area contributed by atoms with E-state index in [4.69, 9.17) is 0 Å². The van der Waals surface area contributed by atoms with Crippen LogP contribution in [0.4, 0.5) is 0 Å². The third kappa shape index (κ3) is 3.52. The number of likely N-dealkylation sites (tertiary alicyclic amines) is 1. The Morgan fingerprint density at radius 3 is 2.71 bits per heavy atom. The molecule has 1 aliphatic carbocycles. The van der Waals surface area contributed by atoms with Crippen molar-refractivity contribution < 1.29 is 15.0 Å². The summed E-state index contributed by atoms with van der Waals surface area (Å²) in [6, 6.07) is 16.5. The fraction of sp³-hybridized carbons (Fsp3) is 0.435. The molecule has 2 fully saturated rings. The number of phenols is 1. The molecule has 5 nitrogen and oxygen atoms in total. The number of fused-ring (bicyclic) bond motifs is 1. The molecule has 2 aromatic rings. The van der Waals surface area contributed by atoms with E-state index in [1.165, 1.54) is 0 Å². The minimum absolute atomic E-state index is 0.0814. The van der Waals surface area contributed by atoms with Gasteiger partial charge in [-0.1, -0.05) is 30.3 Å². The predicted molar refractivity (Wildman–Crippen MR) is 108 cm³/mol. The van der Waals surface area contributed by atoms with E-state index >= 15 is 0 Å². The number of amides is 1. The number of carbonyl (C=O) groups is 1. The second kappa shape index (κ2) is 7.57. The number of aromatic hydroxyl groups is 1. The van der Waals surface area contributed by atoms with Crippen LogP contribution in [0.5, 0.6) is 5.75 Å². The van der Waals surface area contributed by atoms with Gasteiger partial charge in [-0.15, -0.1) is 0 Å². The standard InChI is InChI=1S/C23H28N2O3/c1-25-11-10-23(17-8-5-9-19(26)12-17)14-18(13-21(27)20(23)15-25)24-22(28)16-6-3-2-4-7-16/h2-9,12,18,20-21,26-27H,10-11,13-15H2,1H3,(H,24,28)/t18-,20?,21?,23?/m0/s1. The highest BCUT2D eigenvalue weighted by Crippen LogP contribution is 2.49. The van der Waals surface area contributed by atoms with Crippen LogP contribution in [0.2, 0.25) is 0 Å². The molecular weight excluding hydrogens is 352 g/mol. The lowest BCUT2D eigenvalue weighted by Crippen LogP contribution is -2.60. The van der Waals surface area contributed by atoms with E-state index in [2.05, 4.69) is 17.3 Å². The quantitative estimate of drug-likeness (QED) is 0.765. The summed E-state index contributed by atoms with van der Waals surface area (Å²) in [6.45, 7) is 1.74. The van der Waals surface area contributed by atoms with Gasteiger partial charge in [0.05, 0.1) is 6.10 Å². The van der Waals surface area contributed by atoms with Crippen molar-refractivity contribution in [1.29, 1.82) is 0 Å². The van der Waals surface area contributed by atoms with E-state index in [9.17, 15) is 15.0 Å². The van der Waals surface area contributed by atoms with E-state index in [1.807, 2.05) is 36.4 Å². The molecule has 0 aromatic heterocycles. The van der Waals surface area contributed by atoms with Crippen molar-refractivity contribution in [2.24, 2.45) is 5.92 Å². The first-order valence-corrected chi connectivity index (χ1v) is 10.00. The fourth-order valence-electron chi connectivity index (χ4n) is 5.16. The number of hydrogen-bond acceptors (Lipinski definition) is 4. The van der Waals surface area contributed by atoms with Crippen molar-refractivity contribution >= 4 is 5.91 Å². The van der Waals surface area contributed by atoms with Gasteiger partial charge in [0, 0.05) is 29.5 Å². The molecule has 4 atom stereocenters. The number of piperidine rings is 1. The Kier molecular flexibility index (Phi) is 5.13. The molecule has 2 aromatic carbocycles. The summed E-state index contributed by atoms with van der Waals surface area (Å²) in [6.07, 6.45) is 1.72. The molecule has 28 heavy (non-hydrogen) atoms. The Hall–Kier alpha value is -2.37. The highest BCUT2D eigenvalue weighted by molar-refractivity contribution is 5.94. The summed E-state index contributed by atoms with van der Waals surface area (Å²) in [4.78, 5) is 14.9. The number of nitrogens with zero attached hydrogens (tertiary/aromatic N) is 1. The van der Waals surface area contributed by atoms with Gasteiger partial charge in [-0.25, -0.2) is 0 Å². The second-order valence-corrected chi connectivity index (χ2v) is 8.37. The zero-order valence-corrected chi connectivity index (χ0v) is 16.2. The first-order valence-electron chi connectivity index (χ1n) is 10.00. The largest absolute Gasteiger partial charge is 0.508 e. The number of nitrogens with one attached hydrogen (secondary N) is 1. The number of carbonyl (C=O) groups excluding carboxylic acids is 1. The average Bonchev–Trinajstić information content (AvgIpc) is 2.69. The molecule has 3 N–H and O–H groups in total. The van der Waals surface area contributed by atoms with Crippen LogP contribution in [0.1, 0.15) is 35.2 Å². The molecule has 4 rings (SSSR count). The third-order valence-electron chi connectivity index (χ3n) is 6.55. The van der Waals surface area contributed by atoms with E-state index in [-0.39, 0.29) is 29.0 Å². The summed E-state index contributed by atoms with van der Waals surface area (Å²) in [7, 11) is 2.09. The zero-order chi connectivity index (χ0) is 19.7. The Morgan fingerprint density at radius 1 is 1.18 bits per heavy atom. The molecule has 148 valence electrons. The molecule has 1 heterocycles. The number of aliphatic hydroxyl groups excluding tert-OH is 1. The van der Waals surface area contributed by atoms with Crippen molar-refractivity contribution in [2.45, 2.75) is 36.8 Å². The van der Waals surface area contributed by atoms with E-state index in [1.54, 1.807) is 18.2 Å². The molecule has 1 amide bonds. The molecule has 0 radical (unpaired) electrons. The van der Waals surface area contributed by atoms with Gasteiger partial charge in [-0.3, -0.25) is 4.79 Å². The normalized spacial score (nSPS) is 30.4. The Labute approximate surface area is 166 Å². The van der Waals surface area contributed by atoms with Gasteiger partial charge in [0.2, 0.25) is 0 Å². The first-order chi connectivity index (χ1) is 13.5. The van der Waals surface area contributed by atoms with E-state index in [0.29, 0.717) is 12.0 Å². The van der Waals surface area contributed by atoms with Crippen LogP contribution in [0.3, 0.4) is 0 Å². The van der Waals surface area contributed by atoms with Crippen LogP contribution in [0.25, 0.3) is 0 Å². The van der Waals surface area contributed by atoms with E-state index < -0.39 is 6.10 Å². The highest BCUT2D eigenvalue weighted by Gasteiger charge is 2.51. The number of hydrogen-bond donors (Lipinski definition) is 3. The fourth-order valence-corrected chi connectivity index (χ4v) is 5.16. The maximum Gasteiger partial charge on any atom is 0.251 e.